The summed E-state index contributed by atoms with van der Waals surface area (Å²) in [4.78, 5) is 11.8. The second kappa shape index (κ2) is 9.94. The molecule has 0 unspecified atom stereocenters. The minimum atomic E-state index is -3.89. The minimum Gasteiger partial charge on any atom is -0.497 e. The Balaban J connectivity index is 1.83. The Morgan fingerprint density at radius 3 is 2.44 bits per heavy atom. The van der Waals surface area contributed by atoms with E-state index in [1.54, 1.807) is 0 Å². The number of benzene rings is 2. The topological polar surface area (TPSA) is 93.7 Å². The molecular formula is C19H24N2O5S. The molecule has 7 nitrogen and oxygen atoms in total. The second-order valence-corrected chi connectivity index (χ2v) is 7.52. The van der Waals surface area contributed by atoms with Gasteiger partial charge in [-0.2, -0.15) is 0 Å². The van der Waals surface area contributed by atoms with E-state index in [-0.39, 0.29) is 23.1 Å². The average Bonchev–Trinajstić information content (AvgIpc) is 2.70. The molecule has 2 aromatic rings. The van der Waals surface area contributed by atoms with E-state index in [0.717, 1.165) is 12.8 Å². The van der Waals surface area contributed by atoms with Gasteiger partial charge in [0.25, 0.3) is 0 Å². The molecule has 0 radical (unpaired) electrons. The number of carbonyl (C=O) groups is 1. The molecular weight excluding hydrogens is 368 g/mol. The summed E-state index contributed by atoms with van der Waals surface area (Å²) in [6, 6.07) is 14.3. The van der Waals surface area contributed by atoms with Crippen LogP contribution in [0, 0.1) is 0 Å². The smallest absolute Gasteiger partial charge is 0.244 e. The molecule has 0 heterocycles. The third-order valence-corrected chi connectivity index (χ3v) is 5.33. The monoisotopic (exact) mass is 392 g/mol. The van der Waals surface area contributed by atoms with E-state index in [4.69, 9.17) is 9.47 Å². The summed E-state index contributed by atoms with van der Waals surface area (Å²) in [7, 11) is -1.04. The number of rotatable bonds is 10. The van der Waals surface area contributed by atoms with Crippen molar-refractivity contribution in [2.24, 2.45) is 0 Å². The van der Waals surface area contributed by atoms with Gasteiger partial charge in [0.2, 0.25) is 15.9 Å². The maximum atomic E-state index is 12.4. The summed E-state index contributed by atoms with van der Waals surface area (Å²) in [5.41, 5.74) is 1.19. The fraction of sp³-hybridized carbons (Fsp3) is 0.316. The first kappa shape index (κ1) is 20.7. The van der Waals surface area contributed by atoms with Crippen LogP contribution in [-0.4, -0.2) is 41.6 Å². The summed E-state index contributed by atoms with van der Waals surface area (Å²) >= 11 is 0. The largest absolute Gasteiger partial charge is 0.497 e. The molecule has 0 aliphatic heterocycles. The van der Waals surface area contributed by atoms with Gasteiger partial charge in [0.05, 0.1) is 20.8 Å². The van der Waals surface area contributed by atoms with Crippen LogP contribution in [0.25, 0.3) is 0 Å². The van der Waals surface area contributed by atoms with Crippen LogP contribution in [0.1, 0.15) is 12.0 Å². The van der Waals surface area contributed by atoms with Crippen molar-refractivity contribution >= 4 is 15.9 Å². The van der Waals surface area contributed by atoms with E-state index in [1.165, 1.54) is 38.0 Å². The van der Waals surface area contributed by atoms with Gasteiger partial charge in [0.1, 0.15) is 16.4 Å². The molecule has 8 heteroatoms. The first-order chi connectivity index (χ1) is 13.0. The number of hydrogen-bond donors (Lipinski definition) is 2. The maximum Gasteiger partial charge on any atom is 0.244 e. The van der Waals surface area contributed by atoms with E-state index in [1.807, 2.05) is 30.3 Å². The fourth-order valence-corrected chi connectivity index (χ4v) is 3.59. The molecule has 0 saturated heterocycles. The first-order valence-corrected chi connectivity index (χ1v) is 9.97. The molecule has 0 atom stereocenters. The maximum absolute atomic E-state index is 12.4. The van der Waals surface area contributed by atoms with Crippen LogP contribution in [0.5, 0.6) is 11.5 Å². The predicted octanol–water partition coefficient (Wildman–Crippen LogP) is 1.73. The number of carbonyl (C=O) groups excluding carboxylic acids is 1. The zero-order valence-electron chi connectivity index (χ0n) is 15.4. The molecule has 2 aromatic carbocycles. The van der Waals surface area contributed by atoms with Crippen molar-refractivity contribution in [2.75, 3.05) is 27.3 Å². The molecule has 0 aromatic heterocycles. The molecule has 0 aliphatic rings. The summed E-state index contributed by atoms with van der Waals surface area (Å²) in [5, 5.41) is 2.71. The van der Waals surface area contributed by atoms with E-state index < -0.39 is 10.0 Å². The Labute approximate surface area is 159 Å². The van der Waals surface area contributed by atoms with E-state index in [9.17, 15) is 13.2 Å². The van der Waals surface area contributed by atoms with Crippen LogP contribution in [0.15, 0.2) is 53.4 Å². The Morgan fingerprint density at radius 1 is 1.04 bits per heavy atom. The second-order valence-electron chi connectivity index (χ2n) is 5.78. The van der Waals surface area contributed by atoms with Gasteiger partial charge in [-0.1, -0.05) is 30.3 Å². The summed E-state index contributed by atoms with van der Waals surface area (Å²) in [6.45, 7) is 0.129. The van der Waals surface area contributed by atoms with Gasteiger partial charge < -0.3 is 14.8 Å². The number of nitrogens with one attached hydrogen (secondary N) is 2. The molecule has 27 heavy (non-hydrogen) atoms. The summed E-state index contributed by atoms with van der Waals surface area (Å²) < 4.78 is 37.3. The molecule has 146 valence electrons. The molecule has 1 amide bonds. The van der Waals surface area contributed by atoms with Crippen molar-refractivity contribution in [2.45, 2.75) is 17.7 Å². The van der Waals surface area contributed by atoms with Crippen LogP contribution in [0.4, 0.5) is 0 Å². The Kier molecular flexibility index (Phi) is 7.63. The third kappa shape index (κ3) is 6.26. The van der Waals surface area contributed by atoms with E-state index in [0.29, 0.717) is 12.3 Å². The molecule has 2 N–H and O–H groups in total. The number of ether oxygens (including phenoxy) is 2. The number of methoxy groups -OCH3 is 2. The number of hydrogen-bond acceptors (Lipinski definition) is 5. The molecule has 0 aliphatic carbocycles. The lowest BCUT2D eigenvalue weighted by Crippen LogP contribution is -2.37. The highest BCUT2D eigenvalue weighted by Gasteiger charge is 2.20. The van der Waals surface area contributed by atoms with Gasteiger partial charge in [-0.3, -0.25) is 4.79 Å². The molecule has 2 rings (SSSR count). The van der Waals surface area contributed by atoms with Crippen molar-refractivity contribution in [3.8, 4) is 11.5 Å². The van der Waals surface area contributed by atoms with Crippen molar-refractivity contribution < 1.29 is 22.7 Å². The first-order valence-electron chi connectivity index (χ1n) is 8.48. The molecule has 0 fully saturated rings. The lowest BCUT2D eigenvalue weighted by molar-refractivity contribution is -0.119. The van der Waals surface area contributed by atoms with Crippen LogP contribution in [0.3, 0.4) is 0 Å². The number of aryl methyl sites for hydroxylation is 1. The molecule has 0 saturated carbocycles. The lowest BCUT2D eigenvalue weighted by atomic mass is 10.1. The van der Waals surface area contributed by atoms with E-state index >= 15 is 0 Å². The van der Waals surface area contributed by atoms with Crippen LogP contribution in [0.2, 0.25) is 0 Å². The number of amides is 1. The summed E-state index contributed by atoms with van der Waals surface area (Å²) in [6.07, 6.45) is 1.62. The van der Waals surface area contributed by atoms with Gasteiger partial charge in [-0.15, -0.1) is 0 Å². The quantitative estimate of drug-likeness (QED) is 0.601. The highest BCUT2D eigenvalue weighted by molar-refractivity contribution is 7.89. The normalized spacial score (nSPS) is 11.0. The standard InChI is InChI=1S/C19H24N2O5S/c1-25-16-10-11-18(17(13-16)26-2)27(23,24)21-14-19(22)20-12-6-9-15-7-4-3-5-8-15/h3-5,7-8,10-11,13,21H,6,9,12,14H2,1-2H3,(H,20,22). The van der Waals surface area contributed by atoms with Crippen LogP contribution < -0.4 is 19.5 Å². The SMILES string of the molecule is COc1ccc(S(=O)(=O)NCC(=O)NCCCc2ccccc2)c(OC)c1. The van der Waals surface area contributed by atoms with Crippen LogP contribution in [-0.2, 0) is 21.2 Å². The average molecular weight is 392 g/mol. The Bertz CT molecular complexity index is 854. The van der Waals surface area contributed by atoms with Crippen LogP contribution >= 0.6 is 0 Å². The van der Waals surface area contributed by atoms with Gasteiger partial charge >= 0.3 is 0 Å². The summed E-state index contributed by atoms with van der Waals surface area (Å²) in [5.74, 6) is 0.228. The van der Waals surface area contributed by atoms with Crippen molar-refractivity contribution in [3.05, 3.63) is 54.1 Å². The van der Waals surface area contributed by atoms with Crippen molar-refractivity contribution in [1.29, 1.82) is 0 Å². The van der Waals surface area contributed by atoms with Crippen molar-refractivity contribution in [1.82, 2.24) is 10.0 Å². The highest BCUT2D eigenvalue weighted by Crippen LogP contribution is 2.28. The zero-order chi connectivity index (χ0) is 19.7. The fourth-order valence-electron chi connectivity index (χ4n) is 2.46. The molecule has 0 bridgehead atoms. The van der Waals surface area contributed by atoms with Gasteiger partial charge in [-0.05, 0) is 30.5 Å². The number of sulfonamides is 1. The lowest BCUT2D eigenvalue weighted by Gasteiger charge is -2.12. The van der Waals surface area contributed by atoms with Gasteiger partial charge in [-0.25, -0.2) is 13.1 Å². The van der Waals surface area contributed by atoms with Crippen molar-refractivity contribution in [3.63, 3.8) is 0 Å². The minimum absolute atomic E-state index is 0.0531. The third-order valence-electron chi connectivity index (χ3n) is 3.89. The highest BCUT2D eigenvalue weighted by atomic mass is 32.2. The Hall–Kier alpha value is -2.58. The van der Waals surface area contributed by atoms with Gasteiger partial charge in [0.15, 0.2) is 0 Å². The molecule has 0 spiro atoms. The van der Waals surface area contributed by atoms with E-state index in [2.05, 4.69) is 10.0 Å². The predicted molar refractivity (Wildman–Crippen MR) is 103 cm³/mol. The van der Waals surface area contributed by atoms with Gasteiger partial charge in [0, 0.05) is 12.6 Å². The Morgan fingerprint density at radius 2 is 1.78 bits per heavy atom. The zero-order valence-corrected chi connectivity index (χ0v) is 16.2.